The summed E-state index contributed by atoms with van der Waals surface area (Å²) < 4.78 is 28.6. The second-order valence-electron chi connectivity index (χ2n) is 6.25. The Morgan fingerprint density at radius 3 is 2.57 bits per heavy atom. The number of aromatic amines is 1. The van der Waals surface area contributed by atoms with Crippen molar-refractivity contribution in [3.8, 4) is 16.8 Å². The van der Waals surface area contributed by atoms with Crippen molar-refractivity contribution in [3.05, 3.63) is 90.0 Å². The number of aromatic nitrogens is 3. The second-order valence-corrected chi connectivity index (χ2v) is 6.25. The molecule has 0 fully saturated rings. The molecule has 5 nitrogen and oxygen atoms in total. The molecule has 0 saturated carbocycles. The molecule has 0 aliphatic rings. The predicted octanol–water partition coefficient (Wildman–Crippen LogP) is 4.71. The molecule has 0 atom stereocenters. The van der Waals surface area contributed by atoms with Crippen LogP contribution in [0.5, 0.6) is 0 Å². The molecule has 0 radical (unpaired) electrons. The summed E-state index contributed by atoms with van der Waals surface area (Å²) in [6, 6.07) is 12.2. The van der Waals surface area contributed by atoms with Crippen LogP contribution in [0.2, 0.25) is 0 Å². The van der Waals surface area contributed by atoms with Crippen LogP contribution in [0.3, 0.4) is 0 Å². The van der Waals surface area contributed by atoms with Crippen LogP contribution in [0, 0.1) is 18.6 Å². The Bertz CT molecular complexity index is 1150. The maximum absolute atomic E-state index is 14.0. The minimum Gasteiger partial charge on any atom is -0.366 e. The van der Waals surface area contributed by atoms with Crippen molar-refractivity contribution in [1.82, 2.24) is 14.8 Å². The lowest BCUT2D eigenvalue weighted by Crippen LogP contribution is -2.13. The Kier molecular flexibility index (Phi) is 4.49. The van der Waals surface area contributed by atoms with Gasteiger partial charge in [0.1, 0.15) is 17.3 Å². The predicted molar refractivity (Wildman–Crippen MR) is 102 cm³/mol. The van der Waals surface area contributed by atoms with Gasteiger partial charge >= 0.3 is 0 Å². The van der Waals surface area contributed by atoms with E-state index in [0.717, 1.165) is 0 Å². The smallest absolute Gasteiger partial charge is 0.257 e. The van der Waals surface area contributed by atoms with E-state index in [2.05, 4.69) is 15.4 Å². The van der Waals surface area contributed by atoms with E-state index in [1.807, 2.05) is 0 Å². The highest BCUT2D eigenvalue weighted by Crippen LogP contribution is 2.26. The molecule has 1 amide bonds. The number of carbonyl (C=O) groups is 1. The van der Waals surface area contributed by atoms with E-state index in [-0.39, 0.29) is 11.7 Å². The van der Waals surface area contributed by atoms with Crippen LogP contribution in [-0.4, -0.2) is 20.7 Å². The molecule has 2 heterocycles. The summed E-state index contributed by atoms with van der Waals surface area (Å²) in [5.74, 6) is -1.10. The second kappa shape index (κ2) is 7.11. The number of anilines is 1. The molecule has 7 heteroatoms. The zero-order valence-electron chi connectivity index (χ0n) is 14.9. The third kappa shape index (κ3) is 3.18. The van der Waals surface area contributed by atoms with Crippen LogP contribution in [0.15, 0.2) is 67.1 Å². The summed E-state index contributed by atoms with van der Waals surface area (Å²) >= 11 is 0. The van der Waals surface area contributed by atoms with Crippen molar-refractivity contribution in [1.29, 1.82) is 0 Å². The fraction of sp³-hybridized carbons (Fsp3) is 0.0476. The fourth-order valence-corrected chi connectivity index (χ4v) is 3.01. The van der Waals surface area contributed by atoms with E-state index < -0.39 is 5.82 Å². The molecule has 0 saturated heterocycles. The van der Waals surface area contributed by atoms with Gasteiger partial charge < -0.3 is 10.3 Å². The van der Waals surface area contributed by atoms with Crippen LogP contribution in [0.25, 0.3) is 16.8 Å². The van der Waals surface area contributed by atoms with Crippen LogP contribution in [0.1, 0.15) is 16.1 Å². The number of nitrogens with one attached hydrogen (secondary N) is 2. The summed E-state index contributed by atoms with van der Waals surface area (Å²) in [5.41, 5.74) is 3.14. The van der Waals surface area contributed by atoms with E-state index in [1.54, 1.807) is 49.6 Å². The number of hydrogen-bond donors (Lipinski definition) is 2. The van der Waals surface area contributed by atoms with Gasteiger partial charge in [-0.1, -0.05) is 24.3 Å². The zero-order chi connectivity index (χ0) is 19.7. The number of amides is 1. The first-order chi connectivity index (χ1) is 13.5. The molecule has 0 unspecified atom stereocenters. The highest BCUT2D eigenvalue weighted by atomic mass is 19.1. The lowest BCUT2D eigenvalue weighted by Gasteiger charge is -2.08. The third-order valence-corrected chi connectivity index (χ3v) is 4.48. The largest absolute Gasteiger partial charge is 0.366 e. The Morgan fingerprint density at radius 1 is 1.07 bits per heavy atom. The Morgan fingerprint density at radius 2 is 1.82 bits per heavy atom. The van der Waals surface area contributed by atoms with Gasteiger partial charge in [0.2, 0.25) is 0 Å². The topological polar surface area (TPSA) is 62.7 Å². The minimum atomic E-state index is -0.407. The number of rotatable bonds is 4. The van der Waals surface area contributed by atoms with Crippen molar-refractivity contribution >= 4 is 11.6 Å². The summed E-state index contributed by atoms with van der Waals surface area (Å²) in [7, 11) is 0. The normalized spacial score (nSPS) is 10.8. The fourth-order valence-electron chi connectivity index (χ4n) is 3.01. The summed E-state index contributed by atoms with van der Waals surface area (Å²) in [6.07, 6.45) is 4.73. The lowest BCUT2D eigenvalue weighted by molar-refractivity contribution is 0.102. The summed E-state index contributed by atoms with van der Waals surface area (Å²) in [6.45, 7) is 1.74. The van der Waals surface area contributed by atoms with Crippen LogP contribution >= 0.6 is 0 Å². The first-order valence-electron chi connectivity index (χ1n) is 8.58. The van der Waals surface area contributed by atoms with Crippen LogP contribution in [-0.2, 0) is 0 Å². The number of benzene rings is 2. The Labute approximate surface area is 159 Å². The van der Waals surface area contributed by atoms with Gasteiger partial charge in [-0.3, -0.25) is 4.79 Å². The van der Waals surface area contributed by atoms with Gasteiger partial charge in [-0.2, -0.15) is 5.10 Å². The molecule has 0 bridgehead atoms. The first kappa shape index (κ1) is 17.7. The molecule has 140 valence electrons. The molecule has 28 heavy (non-hydrogen) atoms. The van der Waals surface area contributed by atoms with Gasteiger partial charge in [0.15, 0.2) is 0 Å². The molecule has 2 aromatic carbocycles. The van der Waals surface area contributed by atoms with Crippen LogP contribution < -0.4 is 5.32 Å². The quantitative estimate of drug-likeness (QED) is 0.540. The number of H-pyrrole nitrogens is 1. The van der Waals surface area contributed by atoms with Gasteiger partial charge in [0, 0.05) is 18.0 Å². The molecule has 4 aromatic rings. The van der Waals surface area contributed by atoms with E-state index >= 15 is 0 Å². The highest BCUT2D eigenvalue weighted by molar-refractivity contribution is 6.08. The van der Waals surface area contributed by atoms with E-state index in [1.165, 1.54) is 29.1 Å². The Hall–Kier alpha value is -3.74. The number of halogens is 2. The lowest BCUT2D eigenvalue weighted by atomic mass is 10.0. The van der Waals surface area contributed by atoms with Crippen molar-refractivity contribution in [2.24, 2.45) is 0 Å². The van der Waals surface area contributed by atoms with Crippen molar-refractivity contribution < 1.29 is 13.6 Å². The number of para-hydroxylation sites is 1. The van der Waals surface area contributed by atoms with Gasteiger partial charge in [-0.25, -0.2) is 13.5 Å². The van der Waals surface area contributed by atoms with E-state index in [0.29, 0.717) is 33.8 Å². The van der Waals surface area contributed by atoms with Crippen molar-refractivity contribution in [2.75, 3.05) is 5.32 Å². The average Bonchev–Trinajstić information content (AvgIpc) is 3.31. The molecular weight excluding hydrogens is 362 g/mol. The monoisotopic (exact) mass is 378 g/mol. The molecular formula is C21H16F2N4O. The average molecular weight is 378 g/mol. The summed E-state index contributed by atoms with van der Waals surface area (Å²) in [4.78, 5) is 15.7. The molecule has 2 N–H and O–H groups in total. The van der Waals surface area contributed by atoms with E-state index in [4.69, 9.17) is 0 Å². The maximum Gasteiger partial charge on any atom is 0.257 e. The third-order valence-electron chi connectivity index (χ3n) is 4.48. The van der Waals surface area contributed by atoms with Crippen LogP contribution in [0.4, 0.5) is 14.5 Å². The maximum atomic E-state index is 14.0. The van der Waals surface area contributed by atoms with Gasteiger partial charge in [0.25, 0.3) is 5.91 Å². The minimum absolute atomic E-state index is 0.300. The van der Waals surface area contributed by atoms with E-state index in [9.17, 15) is 13.6 Å². The SMILES string of the molecule is Cc1c(NC(=O)c2c[nH]cc2-c2ccc(F)cc2)cnn1-c1ccccc1F. The van der Waals surface area contributed by atoms with Crippen molar-refractivity contribution in [3.63, 3.8) is 0 Å². The molecule has 2 aromatic heterocycles. The van der Waals surface area contributed by atoms with Gasteiger partial charge in [-0.05, 0) is 36.8 Å². The van der Waals surface area contributed by atoms with Gasteiger partial charge in [-0.15, -0.1) is 0 Å². The number of hydrogen-bond acceptors (Lipinski definition) is 2. The molecule has 4 rings (SSSR count). The van der Waals surface area contributed by atoms with Crippen molar-refractivity contribution in [2.45, 2.75) is 6.92 Å². The summed E-state index contributed by atoms with van der Waals surface area (Å²) in [5, 5.41) is 6.99. The number of nitrogens with zero attached hydrogens (tertiary/aromatic N) is 2. The highest BCUT2D eigenvalue weighted by Gasteiger charge is 2.18. The molecule has 0 aliphatic heterocycles. The standard InChI is InChI=1S/C21H16F2N4O/c1-13-19(12-25-27(13)20-5-3-2-4-18(20)23)26-21(28)17-11-24-10-16(17)14-6-8-15(22)9-7-14/h2-12,24H,1H3,(H,26,28). The number of carbonyl (C=O) groups excluding carboxylic acids is 1. The Balaban J connectivity index is 1.62. The first-order valence-corrected chi connectivity index (χ1v) is 8.58. The zero-order valence-corrected chi connectivity index (χ0v) is 14.9. The molecule has 0 aliphatic carbocycles. The molecule has 0 spiro atoms. The van der Waals surface area contributed by atoms with Gasteiger partial charge in [0.05, 0.1) is 23.1 Å².